The van der Waals surface area contributed by atoms with Crippen LogP contribution in [0.1, 0.15) is 32.1 Å². The van der Waals surface area contributed by atoms with E-state index in [1.807, 2.05) is 12.2 Å². The van der Waals surface area contributed by atoms with E-state index in [0.29, 0.717) is 37.6 Å². The fraction of sp³-hybridized carbons (Fsp3) is 0.853. The van der Waals surface area contributed by atoms with Crippen LogP contribution in [0.5, 0.6) is 0 Å². The Morgan fingerprint density at radius 3 is 1.74 bits per heavy atom. The molecule has 8 bridgehead atoms. The molecule has 10 heterocycles. The number of carboxylic acid groups (broad SMARTS) is 1. The molecule has 17 unspecified atom stereocenters. The number of hydrogen-bond donors (Lipinski definition) is 7. The molecule has 7 N–H and O–H groups in total. The van der Waals surface area contributed by atoms with E-state index in [-0.39, 0.29) is 98.0 Å². The molecule has 0 aliphatic carbocycles. The lowest BCUT2D eigenvalue weighted by Gasteiger charge is -2.25. The van der Waals surface area contributed by atoms with E-state index in [1.165, 1.54) is 0 Å². The highest BCUT2D eigenvalue weighted by molar-refractivity contribution is 5.77. The summed E-state index contributed by atoms with van der Waals surface area (Å²) in [5.74, 6) is -1.03. The summed E-state index contributed by atoms with van der Waals surface area (Å²) in [5.41, 5.74) is 0. The first-order valence-corrected chi connectivity index (χ1v) is 17.5. The summed E-state index contributed by atoms with van der Waals surface area (Å²) < 4.78 is 31.9. The van der Waals surface area contributed by atoms with Gasteiger partial charge in [-0.15, -0.1) is 0 Å². The van der Waals surface area contributed by atoms with Crippen molar-refractivity contribution in [1.82, 2.24) is 0 Å². The Morgan fingerprint density at radius 1 is 0.660 bits per heavy atom. The molecular weight excluding hydrogens is 664 g/mol. The predicted octanol–water partition coefficient (Wildman–Crippen LogP) is -1.74. The van der Waals surface area contributed by atoms with Crippen LogP contribution in [0.15, 0.2) is 12.2 Å². The van der Waals surface area contributed by atoms with E-state index in [0.717, 1.165) is 39.9 Å². The second-order valence-electron chi connectivity index (χ2n) is 14.0. The summed E-state index contributed by atoms with van der Waals surface area (Å²) in [6, 6.07) is 0. The molecule has 16 heteroatoms. The fourth-order valence-corrected chi connectivity index (χ4v) is 9.48. The number of fused-ring (bicyclic) bond motifs is 14. The minimum Gasteiger partial charge on any atom is -0.481 e. The van der Waals surface area contributed by atoms with Gasteiger partial charge < -0.3 is 64.2 Å². The van der Waals surface area contributed by atoms with Crippen molar-refractivity contribution >= 4 is 17.9 Å². The van der Waals surface area contributed by atoms with Gasteiger partial charge >= 0.3 is 17.9 Å². The number of rotatable bonds is 4. The number of carbonyl (C=O) groups is 3. The molecule has 17 atom stereocenters. The quantitative estimate of drug-likeness (QED) is 0.126. The van der Waals surface area contributed by atoms with Gasteiger partial charge in [0, 0.05) is 70.1 Å². The van der Waals surface area contributed by atoms with Crippen molar-refractivity contribution in [3.63, 3.8) is 0 Å². The summed E-state index contributed by atoms with van der Waals surface area (Å²) in [5, 5.41) is 59.2. The number of carbonyl (C=O) groups excluding carboxylic acids is 2. The maximum absolute atomic E-state index is 11.1. The van der Waals surface area contributed by atoms with E-state index in [2.05, 4.69) is 0 Å². The van der Waals surface area contributed by atoms with E-state index in [1.54, 1.807) is 0 Å². The van der Waals surface area contributed by atoms with Crippen LogP contribution in [0, 0.1) is 47.3 Å². The van der Waals surface area contributed by atoms with E-state index < -0.39 is 24.1 Å². The maximum Gasteiger partial charge on any atom is 0.312 e. The van der Waals surface area contributed by atoms with Crippen molar-refractivity contribution in [2.24, 2.45) is 47.3 Å². The molecule has 0 amide bonds. The molecule has 10 rings (SSSR count). The molecule has 0 saturated carbocycles. The maximum atomic E-state index is 11.1. The number of carboxylic acids is 1. The number of aliphatic hydroxyl groups excluding tert-OH is 6. The van der Waals surface area contributed by atoms with Crippen LogP contribution in [0.3, 0.4) is 0 Å². The molecule has 0 radical (unpaired) electrons. The van der Waals surface area contributed by atoms with Gasteiger partial charge in [-0.1, -0.05) is 12.2 Å². The first-order valence-electron chi connectivity index (χ1n) is 17.5. The second kappa shape index (κ2) is 17.1. The lowest BCUT2D eigenvalue weighted by Crippen LogP contribution is -2.42. The smallest absolute Gasteiger partial charge is 0.312 e. The molecule has 0 spiro atoms. The van der Waals surface area contributed by atoms with Crippen LogP contribution in [-0.2, 0) is 42.8 Å². The van der Waals surface area contributed by atoms with Gasteiger partial charge in [0.2, 0.25) is 0 Å². The van der Waals surface area contributed by atoms with Crippen LogP contribution in [-0.4, -0.2) is 156 Å². The third kappa shape index (κ3) is 7.21. The lowest BCUT2D eigenvalue weighted by molar-refractivity contribution is -0.147. The molecule has 284 valence electrons. The third-order valence-corrected chi connectivity index (χ3v) is 11.8. The molecule has 10 aliphatic heterocycles. The first-order chi connectivity index (χ1) is 24.2. The summed E-state index contributed by atoms with van der Waals surface area (Å²) >= 11 is 0. The highest BCUT2D eigenvalue weighted by Gasteiger charge is 2.58. The van der Waals surface area contributed by atoms with E-state index in [9.17, 15) is 19.5 Å². The Labute approximate surface area is 290 Å². The normalized spacial score (nSPS) is 46.4. The van der Waals surface area contributed by atoms with Crippen molar-refractivity contribution in [2.45, 2.75) is 87.0 Å². The van der Waals surface area contributed by atoms with Gasteiger partial charge in [-0.3, -0.25) is 14.4 Å². The van der Waals surface area contributed by atoms with Gasteiger partial charge in [-0.2, -0.15) is 0 Å². The Morgan fingerprint density at radius 2 is 1.18 bits per heavy atom. The van der Waals surface area contributed by atoms with Gasteiger partial charge in [-0.25, -0.2) is 0 Å². The number of aliphatic hydroxyl groups is 6. The molecule has 0 aromatic carbocycles. The van der Waals surface area contributed by atoms with Crippen molar-refractivity contribution < 1.29 is 78.6 Å². The van der Waals surface area contributed by atoms with E-state index in [4.69, 9.17) is 59.1 Å². The van der Waals surface area contributed by atoms with Crippen molar-refractivity contribution in [2.75, 3.05) is 47.3 Å². The average molecular weight is 717 g/mol. The van der Waals surface area contributed by atoms with Crippen molar-refractivity contribution in [3.8, 4) is 0 Å². The first kappa shape index (κ1) is 39.0. The van der Waals surface area contributed by atoms with E-state index >= 15 is 0 Å². The monoisotopic (exact) mass is 716 g/mol. The Balaban J connectivity index is 0.000000125. The highest BCUT2D eigenvalue weighted by Crippen LogP contribution is 2.47. The van der Waals surface area contributed by atoms with Crippen LogP contribution in [0.4, 0.5) is 0 Å². The SMILES string of the molecule is CO.CO.O=C(O)C1C(CO)C2CC(O)C1O2.O=C1OCC2C3C=CC(O3)C12.O=C1OCC2C3CCC(O3)C12.OCC1C2CCC(O2)C1CO. The van der Waals surface area contributed by atoms with Crippen LogP contribution in [0.2, 0.25) is 0 Å². The topological polar surface area (TPSA) is 248 Å². The van der Waals surface area contributed by atoms with Gasteiger partial charge in [0.15, 0.2) is 0 Å². The zero-order chi connectivity index (χ0) is 36.3. The van der Waals surface area contributed by atoms with Gasteiger partial charge in [-0.05, 0) is 25.7 Å². The number of hydrogen-bond acceptors (Lipinski definition) is 15. The number of cyclic esters (lactones) is 2. The third-order valence-electron chi connectivity index (χ3n) is 11.8. The van der Waals surface area contributed by atoms with Crippen LogP contribution >= 0.6 is 0 Å². The molecular formula is C34H52O16. The predicted molar refractivity (Wildman–Crippen MR) is 168 cm³/mol. The molecule has 0 aromatic heterocycles. The van der Waals surface area contributed by atoms with Gasteiger partial charge in [0.25, 0.3) is 0 Å². The molecule has 0 aromatic rings. The summed E-state index contributed by atoms with van der Waals surface area (Å²) in [4.78, 5) is 33.1. The molecule has 16 nitrogen and oxygen atoms in total. The standard InChI is InChI=1S/C8H12O5.C8H10O3.C8H8O3.C8H14O3.2CH4O/c9-2-3-5-1-4(10)7(13-5)6(3)8(11)12;2*9-8-7-4(3-10-8)5-1-2-6(7)11-5;9-3-5-6(4-10)8-2-1-7(5)11-8;2*1-2/h3-7,9-10H,1-2H2,(H,11,12);4-7H,1-3H2;1-2,4-7H,3H2;5-10H,1-4H2;2*2H,1H3. The molecule has 9 saturated heterocycles. The Hall–Kier alpha value is -2.25. The Kier molecular flexibility index (Phi) is 13.3. The average Bonchev–Trinajstić information content (AvgIpc) is 3.98. The molecule has 10 aliphatic rings. The second-order valence-corrected chi connectivity index (χ2v) is 14.0. The fourth-order valence-electron chi connectivity index (χ4n) is 9.48. The van der Waals surface area contributed by atoms with Crippen molar-refractivity contribution in [1.29, 1.82) is 0 Å². The van der Waals surface area contributed by atoms with Crippen LogP contribution in [0.25, 0.3) is 0 Å². The van der Waals surface area contributed by atoms with Crippen LogP contribution < -0.4 is 0 Å². The zero-order valence-electron chi connectivity index (χ0n) is 28.3. The minimum absolute atomic E-state index is 0.00463. The number of aliphatic carboxylic acids is 1. The van der Waals surface area contributed by atoms with Gasteiger partial charge in [0.1, 0.15) is 0 Å². The molecule has 9 fully saturated rings. The summed E-state index contributed by atoms with van der Waals surface area (Å²) in [6.45, 7) is 1.28. The van der Waals surface area contributed by atoms with Gasteiger partial charge in [0.05, 0.1) is 85.9 Å². The summed E-state index contributed by atoms with van der Waals surface area (Å²) in [7, 11) is 2.00. The molecule has 50 heavy (non-hydrogen) atoms. The largest absolute Gasteiger partial charge is 0.481 e. The highest BCUT2D eigenvalue weighted by atomic mass is 16.6. The number of esters is 2. The zero-order valence-corrected chi connectivity index (χ0v) is 28.3. The Bertz CT molecular complexity index is 1180. The minimum atomic E-state index is -0.995. The van der Waals surface area contributed by atoms with Crippen molar-refractivity contribution in [3.05, 3.63) is 12.2 Å². The summed E-state index contributed by atoms with van der Waals surface area (Å²) in [6.07, 6.45) is 8.30. The lowest BCUT2D eigenvalue weighted by atomic mass is 9.78. The number of ether oxygens (including phenoxy) is 6.